The molecule has 3 aromatic rings. The van der Waals surface area contributed by atoms with Crippen LogP contribution in [0, 0.1) is 5.92 Å². The van der Waals surface area contributed by atoms with Crippen LogP contribution < -0.4 is 10.6 Å². The first-order valence-electron chi connectivity index (χ1n) is 11.7. The molecule has 1 aliphatic heterocycles. The van der Waals surface area contributed by atoms with Gasteiger partial charge in [-0.2, -0.15) is 0 Å². The van der Waals surface area contributed by atoms with Gasteiger partial charge in [-0.25, -0.2) is 4.98 Å². The van der Waals surface area contributed by atoms with E-state index in [1.54, 1.807) is 6.07 Å². The van der Waals surface area contributed by atoms with Gasteiger partial charge in [0.1, 0.15) is 11.7 Å². The molecule has 6 nitrogen and oxygen atoms in total. The zero-order chi connectivity index (χ0) is 23.2. The summed E-state index contributed by atoms with van der Waals surface area (Å²) in [6.45, 7) is 6.75. The van der Waals surface area contributed by atoms with Crippen LogP contribution in [-0.2, 0) is 11.3 Å². The standard InChI is InChI=1S/C27H32N4O2/c1-19(2)16-25(30-26(32)24-13-12-21-10-6-7-11-23(21)29-24)27(33)28-22-14-15-31(18-22)17-20-8-4-3-5-9-20/h3-13,19,22,25H,14-18H2,1-2H3,(H,28,33)(H,30,32)/t22-,25+/m1/s1. The van der Waals surface area contributed by atoms with Crippen molar-refractivity contribution in [1.29, 1.82) is 0 Å². The molecular weight excluding hydrogens is 412 g/mol. The highest BCUT2D eigenvalue weighted by atomic mass is 16.2. The van der Waals surface area contributed by atoms with Gasteiger partial charge in [0.05, 0.1) is 5.52 Å². The van der Waals surface area contributed by atoms with Gasteiger partial charge in [0, 0.05) is 31.1 Å². The van der Waals surface area contributed by atoms with Crippen molar-refractivity contribution in [3.63, 3.8) is 0 Å². The normalized spacial score (nSPS) is 17.2. The number of carbonyl (C=O) groups excluding carboxylic acids is 2. The van der Waals surface area contributed by atoms with Gasteiger partial charge in [-0.3, -0.25) is 14.5 Å². The minimum atomic E-state index is -0.589. The van der Waals surface area contributed by atoms with E-state index in [1.165, 1.54) is 5.56 Å². The maximum Gasteiger partial charge on any atom is 0.270 e. The molecule has 4 rings (SSSR count). The molecule has 0 radical (unpaired) electrons. The number of rotatable bonds is 8. The smallest absolute Gasteiger partial charge is 0.270 e. The monoisotopic (exact) mass is 444 g/mol. The summed E-state index contributed by atoms with van der Waals surface area (Å²) in [5.74, 6) is -0.174. The van der Waals surface area contributed by atoms with Gasteiger partial charge >= 0.3 is 0 Å². The lowest BCUT2D eigenvalue weighted by Gasteiger charge is -2.23. The summed E-state index contributed by atoms with van der Waals surface area (Å²) in [5.41, 5.74) is 2.36. The largest absolute Gasteiger partial charge is 0.350 e. The lowest BCUT2D eigenvalue weighted by atomic mass is 10.0. The van der Waals surface area contributed by atoms with Crippen LogP contribution in [0.5, 0.6) is 0 Å². The number of fused-ring (bicyclic) bond motifs is 1. The predicted octanol–water partition coefficient (Wildman–Crippen LogP) is 3.77. The molecule has 1 aliphatic rings. The van der Waals surface area contributed by atoms with E-state index in [2.05, 4.69) is 46.5 Å². The Hall–Kier alpha value is -3.25. The number of likely N-dealkylation sites (tertiary alicyclic amines) is 1. The van der Waals surface area contributed by atoms with Gasteiger partial charge in [-0.1, -0.05) is 68.4 Å². The van der Waals surface area contributed by atoms with E-state index in [0.29, 0.717) is 12.1 Å². The fourth-order valence-corrected chi connectivity index (χ4v) is 4.37. The van der Waals surface area contributed by atoms with Crippen molar-refractivity contribution in [2.75, 3.05) is 13.1 Å². The third kappa shape index (κ3) is 6.17. The van der Waals surface area contributed by atoms with Crippen LogP contribution in [0.4, 0.5) is 0 Å². The Labute approximate surface area is 195 Å². The van der Waals surface area contributed by atoms with Crippen LogP contribution in [-0.4, -0.2) is 46.9 Å². The first-order chi connectivity index (χ1) is 16.0. The summed E-state index contributed by atoms with van der Waals surface area (Å²) in [6, 6.07) is 21.1. The van der Waals surface area contributed by atoms with E-state index in [4.69, 9.17) is 0 Å². The number of amides is 2. The van der Waals surface area contributed by atoms with Crippen LogP contribution in [0.2, 0.25) is 0 Å². The van der Waals surface area contributed by atoms with Crippen molar-refractivity contribution < 1.29 is 9.59 Å². The predicted molar refractivity (Wildman–Crippen MR) is 131 cm³/mol. The van der Waals surface area contributed by atoms with E-state index in [1.807, 2.05) is 48.5 Å². The Morgan fingerprint density at radius 3 is 2.58 bits per heavy atom. The number of benzene rings is 2. The highest BCUT2D eigenvalue weighted by Crippen LogP contribution is 2.15. The average molecular weight is 445 g/mol. The molecule has 1 fully saturated rings. The summed E-state index contributed by atoms with van der Waals surface area (Å²) < 4.78 is 0. The molecule has 2 N–H and O–H groups in total. The Morgan fingerprint density at radius 2 is 1.79 bits per heavy atom. The van der Waals surface area contributed by atoms with Crippen molar-refractivity contribution in [3.05, 3.63) is 78.0 Å². The second-order valence-corrected chi connectivity index (χ2v) is 9.26. The van der Waals surface area contributed by atoms with Gasteiger partial charge in [0.15, 0.2) is 0 Å². The minimum Gasteiger partial charge on any atom is -0.350 e. The quantitative estimate of drug-likeness (QED) is 0.555. The van der Waals surface area contributed by atoms with Crippen LogP contribution in [0.15, 0.2) is 66.7 Å². The molecule has 1 saturated heterocycles. The number of aromatic nitrogens is 1. The van der Waals surface area contributed by atoms with Crippen molar-refractivity contribution >= 4 is 22.7 Å². The minimum absolute atomic E-state index is 0.0894. The Balaban J connectivity index is 1.37. The fourth-order valence-electron chi connectivity index (χ4n) is 4.37. The van der Waals surface area contributed by atoms with Crippen molar-refractivity contribution in [1.82, 2.24) is 20.5 Å². The summed E-state index contributed by atoms with van der Waals surface area (Å²) in [4.78, 5) is 32.9. The molecule has 33 heavy (non-hydrogen) atoms. The number of carbonyl (C=O) groups is 2. The van der Waals surface area contributed by atoms with Crippen LogP contribution in [0.3, 0.4) is 0 Å². The Kier molecular flexibility index (Phi) is 7.35. The van der Waals surface area contributed by atoms with Gasteiger partial charge in [0.25, 0.3) is 5.91 Å². The summed E-state index contributed by atoms with van der Waals surface area (Å²) in [7, 11) is 0. The number of hydrogen-bond acceptors (Lipinski definition) is 4. The maximum atomic E-state index is 13.1. The highest BCUT2D eigenvalue weighted by Gasteiger charge is 2.28. The molecule has 2 atom stereocenters. The number of pyridine rings is 1. The third-order valence-electron chi connectivity index (χ3n) is 6.03. The second kappa shape index (κ2) is 10.6. The van der Waals surface area contributed by atoms with E-state index in [9.17, 15) is 9.59 Å². The molecule has 0 unspecified atom stereocenters. The Morgan fingerprint density at radius 1 is 1.03 bits per heavy atom. The molecule has 2 aromatic carbocycles. The molecule has 1 aromatic heterocycles. The van der Waals surface area contributed by atoms with E-state index >= 15 is 0 Å². The Bertz CT molecular complexity index is 1100. The van der Waals surface area contributed by atoms with Gasteiger partial charge in [-0.15, -0.1) is 0 Å². The molecule has 0 saturated carbocycles. The third-order valence-corrected chi connectivity index (χ3v) is 6.03. The maximum absolute atomic E-state index is 13.1. The zero-order valence-corrected chi connectivity index (χ0v) is 19.3. The van der Waals surface area contributed by atoms with E-state index in [0.717, 1.165) is 37.0 Å². The number of nitrogens with zero attached hydrogens (tertiary/aromatic N) is 2. The topological polar surface area (TPSA) is 74.3 Å². The first-order valence-corrected chi connectivity index (χ1v) is 11.7. The molecule has 2 heterocycles. The lowest BCUT2D eigenvalue weighted by Crippen LogP contribution is -2.50. The molecule has 172 valence electrons. The molecule has 0 bridgehead atoms. The van der Waals surface area contributed by atoms with Gasteiger partial charge in [-0.05, 0) is 36.5 Å². The highest BCUT2D eigenvalue weighted by molar-refractivity contribution is 5.97. The zero-order valence-electron chi connectivity index (χ0n) is 19.3. The summed E-state index contributed by atoms with van der Waals surface area (Å²) in [6.07, 6.45) is 1.48. The van der Waals surface area contributed by atoms with E-state index < -0.39 is 6.04 Å². The van der Waals surface area contributed by atoms with Crippen molar-refractivity contribution in [2.24, 2.45) is 5.92 Å². The fraction of sp³-hybridized carbons (Fsp3) is 0.370. The summed E-state index contributed by atoms with van der Waals surface area (Å²) in [5, 5.41) is 7.08. The molecule has 2 amide bonds. The lowest BCUT2D eigenvalue weighted by molar-refractivity contribution is -0.124. The van der Waals surface area contributed by atoms with Gasteiger partial charge < -0.3 is 10.6 Å². The average Bonchev–Trinajstić information content (AvgIpc) is 3.25. The number of nitrogens with one attached hydrogen (secondary N) is 2. The molecule has 0 aliphatic carbocycles. The first kappa shape index (κ1) is 22.9. The van der Waals surface area contributed by atoms with Crippen molar-refractivity contribution in [3.8, 4) is 0 Å². The van der Waals surface area contributed by atoms with Crippen molar-refractivity contribution in [2.45, 2.75) is 45.3 Å². The molecular formula is C27H32N4O2. The van der Waals surface area contributed by atoms with Crippen LogP contribution in [0.25, 0.3) is 10.9 Å². The SMILES string of the molecule is CC(C)C[C@H](NC(=O)c1ccc2ccccc2n1)C(=O)N[C@@H]1CCN(Cc2ccccc2)C1. The van der Waals surface area contributed by atoms with Crippen LogP contribution >= 0.6 is 0 Å². The van der Waals surface area contributed by atoms with E-state index in [-0.39, 0.29) is 23.8 Å². The van der Waals surface area contributed by atoms with Gasteiger partial charge in [0.2, 0.25) is 5.91 Å². The second-order valence-electron chi connectivity index (χ2n) is 9.26. The summed E-state index contributed by atoms with van der Waals surface area (Å²) >= 11 is 0. The molecule has 0 spiro atoms. The number of hydrogen-bond donors (Lipinski definition) is 2. The molecule has 6 heteroatoms. The number of para-hydroxylation sites is 1. The van der Waals surface area contributed by atoms with Crippen LogP contribution in [0.1, 0.15) is 42.7 Å².